The highest BCUT2D eigenvalue weighted by atomic mass is 35.5. The molecule has 2 heterocycles. The highest BCUT2D eigenvalue weighted by Gasteiger charge is 2.21. The van der Waals surface area contributed by atoms with Gasteiger partial charge < -0.3 is 15.0 Å². The van der Waals surface area contributed by atoms with Crippen molar-refractivity contribution in [2.45, 2.75) is 79.4 Å². The standard InChI is InChI=1S/C29H36ClFN4O2/c1-7-9-10-11-19(8-2)26-18(3)35(25-12-13-33-16-21(25)26)17-22-23(30)14-20(15-24(22)31)27(32)34-28(36)37-29(4,5)6/h8,12-16H,7,9-11,17H2,1-6H3,(H2,32,34,36). The summed E-state index contributed by atoms with van der Waals surface area (Å²) in [4.78, 5) is 20.1. The van der Waals surface area contributed by atoms with Gasteiger partial charge in [0.1, 0.15) is 17.3 Å². The van der Waals surface area contributed by atoms with Crippen LogP contribution in [-0.2, 0) is 11.3 Å². The summed E-state index contributed by atoms with van der Waals surface area (Å²) in [7, 11) is 0. The second kappa shape index (κ2) is 11.9. The van der Waals surface area contributed by atoms with Crippen molar-refractivity contribution in [2.75, 3.05) is 0 Å². The number of halogens is 2. The third-order valence-corrected chi connectivity index (χ3v) is 6.54. The topological polar surface area (TPSA) is 82.5 Å². The molecule has 0 bridgehead atoms. The number of nitrogens with two attached hydrogens (primary N) is 1. The first-order valence-electron chi connectivity index (χ1n) is 12.6. The summed E-state index contributed by atoms with van der Waals surface area (Å²) in [6, 6.07) is 4.71. The Morgan fingerprint density at radius 2 is 2.03 bits per heavy atom. The Morgan fingerprint density at radius 1 is 1.30 bits per heavy atom. The summed E-state index contributed by atoms with van der Waals surface area (Å²) in [5.74, 6) is -0.696. The highest BCUT2D eigenvalue weighted by molar-refractivity contribution is 6.31. The van der Waals surface area contributed by atoms with E-state index in [0.717, 1.165) is 41.4 Å². The third-order valence-electron chi connectivity index (χ3n) is 6.20. The highest BCUT2D eigenvalue weighted by Crippen LogP contribution is 2.35. The Bertz CT molecular complexity index is 1330. The van der Waals surface area contributed by atoms with E-state index in [9.17, 15) is 4.79 Å². The molecule has 3 rings (SSSR count). The normalized spacial score (nSPS) is 12.9. The minimum absolute atomic E-state index is 0.164. The number of ether oxygens (including phenoxy) is 1. The fraction of sp³-hybridized carbons (Fsp3) is 0.414. The fourth-order valence-electron chi connectivity index (χ4n) is 4.42. The maximum absolute atomic E-state index is 15.4. The molecule has 0 spiro atoms. The number of aromatic nitrogens is 2. The van der Waals surface area contributed by atoms with Crippen molar-refractivity contribution in [3.05, 3.63) is 69.9 Å². The van der Waals surface area contributed by atoms with Gasteiger partial charge >= 0.3 is 6.09 Å². The Morgan fingerprint density at radius 3 is 2.65 bits per heavy atom. The van der Waals surface area contributed by atoms with E-state index in [0.29, 0.717) is 5.56 Å². The predicted octanol–water partition coefficient (Wildman–Crippen LogP) is 7.81. The summed E-state index contributed by atoms with van der Waals surface area (Å²) in [5, 5.41) is 1.23. The van der Waals surface area contributed by atoms with Crippen LogP contribution in [-0.4, -0.2) is 27.1 Å². The van der Waals surface area contributed by atoms with E-state index in [1.165, 1.54) is 24.1 Å². The third kappa shape index (κ3) is 6.77. The molecule has 0 aliphatic carbocycles. The van der Waals surface area contributed by atoms with Gasteiger partial charge in [0, 0.05) is 45.2 Å². The summed E-state index contributed by atoms with van der Waals surface area (Å²) < 4.78 is 22.6. The predicted molar refractivity (Wildman–Crippen MR) is 150 cm³/mol. The van der Waals surface area contributed by atoms with E-state index in [2.05, 4.69) is 34.5 Å². The van der Waals surface area contributed by atoms with Gasteiger partial charge in [-0.15, -0.1) is 0 Å². The molecule has 6 nitrogen and oxygen atoms in total. The number of carbonyl (C=O) groups excluding carboxylic acids is 1. The number of carbonyl (C=O) groups is 1. The molecule has 1 amide bonds. The van der Waals surface area contributed by atoms with Crippen molar-refractivity contribution in [1.29, 1.82) is 0 Å². The monoisotopic (exact) mass is 526 g/mol. The van der Waals surface area contributed by atoms with Crippen molar-refractivity contribution < 1.29 is 13.9 Å². The molecule has 198 valence electrons. The number of amides is 1. The van der Waals surface area contributed by atoms with Crippen LogP contribution in [0.4, 0.5) is 9.18 Å². The van der Waals surface area contributed by atoms with Crippen molar-refractivity contribution in [1.82, 2.24) is 9.55 Å². The lowest BCUT2D eigenvalue weighted by Crippen LogP contribution is -2.24. The van der Waals surface area contributed by atoms with Crippen LogP contribution < -0.4 is 5.73 Å². The largest absolute Gasteiger partial charge is 0.442 e. The number of hydrogen-bond acceptors (Lipinski definition) is 3. The number of aliphatic imine (C=N–C) groups is 1. The number of benzene rings is 1. The number of nitrogens with zero attached hydrogens (tertiary/aromatic N) is 3. The van der Waals surface area contributed by atoms with Gasteiger partial charge in [0.2, 0.25) is 0 Å². The number of rotatable bonds is 8. The summed E-state index contributed by atoms with van der Waals surface area (Å²) in [5.41, 5.74) is 10.2. The molecule has 2 N–H and O–H groups in total. The van der Waals surface area contributed by atoms with Crippen LogP contribution in [0, 0.1) is 12.7 Å². The van der Waals surface area contributed by atoms with Crippen LogP contribution >= 0.6 is 11.6 Å². The lowest BCUT2D eigenvalue weighted by atomic mass is 9.97. The number of unbranched alkanes of at least 4 members (excludes halogenated alkanes) is 2. The number of hydrogen-bond donors (Lipinski definition) is 1. The SMILES string of the molecule is CC=C(CCCCC)c1c(C)n(Cc2c(F)cc(C(N)=NC(=O)OC(C)(C)C)cc2Cl)c2ccncc12. The molecule has 3 aromatic rings. The van der Waals surface area contributed by atoms with Crippen LogP contribution in [0.3, 0.4) is 0 Å². The molecule has 0 saturated carbocycles. The zero-order valence-corrected chi connectivity index (χ0v) is 23.2. The maximum atomic E-state index is 15.4. The van der Waals surface area contributed by atoms with E-state index in [1.54, 1.807) is 27.0 Å². The molecule has 0 aliphatic rings. The molecule has 8 heteroatoms. The second-order valence-corrected chi connectivity index (χ2v) is 10.5. The minimum Gasteiger partial charge on any atom is -0.442 e. The average molecular weight is 527 g/mol. The molecule has 0 radical (unpaired) electrons. The van der Waals surface area contributed by atoms with Gasteiger partial charge in [-0.2, -0.15) is 4.99 Å². The second-order valence-electron chi connectivity index (χ2n) is 10.1. The number of allylic oxidation sites excluding steroid dienone is 2. The van der Waals surface area contributed by atoms with Crippen LogP contribution in [0.15, 0.2) is 41.7 Å². The Kier molecular flexibility index (Phi) is 9.13. The van der Waals surface area contributed by atoms with E-state index in [1.807, 2.05) is 19.2 Å². The fourth-order valence-corrected chi connectivity index (χ4v) is 4.69. The van der Waals surface area contributed by atoms with Gasteiger partial charge in [-0.1, -0.05) is 37.4 Å². The first-order chi connectivity index (χ1) is 17.5. The zero-order chi connectivity index (χ0) is 27.3. The van der Waals surface area contributed by atoms with E-state index in [-0.39, 0.29) is 23.0 Å². The van der Waals surface area contributed by atoms with E-state index < -0.39 is 17.5 Å². The number of fused-ring (bicyclic) bond motifs is 1. The summed E-state index contributed by atoms with van der Waals surface area (Å²) >= 11 is 6.55. The minimum atomic E-state index is -0.847. The van der Waals surface area contributed by atoms with Crippen molar-refractivity contribution >= 4 is 40.0 Å². The average Bonchev–Trinajstić information content (AvgIpc) is 3.09. The van der Waals surface area contributed by atoms with Crippen LogP contribution in [0.5, 0.6) is 0 Å². The van der Waals surface area contributed by atoms with Crippen molar-refractivity contribution in [3.63, 3.8) is 0 Å². The van der Waals surface area contributed by atoms with Gasteiger partial charge in [-0.3, -0.25) is 4.98 Å². The first kappa shape index (κ1) is 28.4. The quantitative estimate of drug-likeness (QED) is 0.184. The van der Waals surface area contributed by atoms with Crippen LogP contribution in [0.1, 0.15) is 82.7 Å². The van der Waals surface area contributed by atoms with Crippen LogP contribution in [0.2, 0.25) is 5.02 Å². The molecule has 1 aromatic carbocycles. The summed E-state index contributed by atoms with van der Waals surface area (Å²) in [6.45, 7) is 11.7. The molecule has 2 aromatic heterocycles. The molecule has 0 fully saturated rings. The smallest absolute Gasteiger partial charge is 0.436 e. The van der Waals surface area contributed by atoms with Crippen molar-refractivity contribution in [3.8, 4) is 0 Å². The summed E-state index contributed by atoms with van der Waals surface area (Å²) in [6.07, 6.45) is 9.32. The lowest BCUT2D eigenvalue weighted by Gasteiger charge is -2.17. The Balaban J connectivity index is 2.00. The van der Waals surface area contributed by atoms with Crippen LogP contribution in [0.25, 0.3) is 16.5 Å². The first-order valence-corrected chi connectivity index (χ1v) is 13.0. The number of amidine groups is 1. The molecular formula is C29H36ClFN4O2. The zero-order valence-electron chi connectivity index (χ0n) is 22.5. The van der Waals surface area contributed by atoms with Crippen molar-refractivity contribution in [2.24, 2.45) is 10.7 Å². The van der Waals surface area contributed by atoms with E-state index >= 15 is 4.39 Å². The Hall–Kier alpha value is -3.19. The molecule has 0 atom stereocenters. The van der Waals surface area contributed by atoms with Gasteiger partial charge in [0.25, 0.3) is 0 Å². The molecule has 37 heavy (non-hydrogen) atoms. The Labute approximate surface area is 223 Å². The lowest BCUT2D eigenvalue weighted by molar-refractivity contribution is 0.0604. The molecule has 0 saturated heterocycles. The van der Waals surface area contributed by atoms with Gasteiger partial charge in [0.05, 0.1) is 12.1 Å². The molecule has 0 unspecified atom stereocenters. The maximum Gasteiger partial charge on any atom is 0.436 e. The van der Waals surface area contributed by atoms with Gasteiger partial charge in [-0.25, -0.2) is 9.18 Å². The molecule has 0 aliphatic heterocycles. The molecular weight excluding hydrogens is 491 g/mol. The van der Waals surface area contributed by atoms with E-state index in [4.69, 9.17) is 22.1 Å². The van der Waals surface area contributed by atoms with Gasteiger partial charge in [0.15, 0.2) is 0 Å². The number of pyridine rings is 1. The van der Waals surface area contributed by atoms with Gasteiger partial charge in [-0.05, 0) is 71.2 Å².